The summed E-state index contributed by atoms with van der Waals surface area (Å²) in [7, 11) is 1.79. The molecule has 0 aliphatic carbocycles. The molecule has 0 fully saturated rings. The molecule has 0 bridgehead atoms. The number of anilines is 1. The summed E-state index contributed by atoms with van der Waals surface area (Å²) in [6.45, 7) is 3.71. The smallest absolute Gasteiger partial charge is 0.234 e. The molecule has 0 spiro atoms. The summed E-state index contributed by atoms with van der Waals surface area (Å²) in [5.41, 5.74) is 0. The third kappa shape index (κ3) is 3.57. The van der Waals surface area contributed by atoms with Gasteiger partial charge in [-0.3, -0.25) is 4.98 Å². The predicted octanol–water partition coefficient (Wildman–Crippen LogP) is 0.934. The van der Waals surface area contributed by atoms with Gasteiger partial charge < -0.3 is 14.8 Å². The molecule has 0 unspecified atom stereocenters. The maximum Gasteiger partial charge on any atom is 0.234 e. The van der Waals surface area contributed by atoms with Gasteiger partial charge in [0.15, 0.2) is 0 Å². The van der Waals surface area contributed by atoms with Gasteiger partial charge in [0.2, 0.25) is 5.88 Å². The fourth-order valence-corrected chi connectivity index (χ4v) is 0.888. The predicted molar refractivity (Wildman–Crippen MR) is 53.6 cm³/mol. The van der Waals surface area contributed by atoms with E-state index in [-0.39, 0.29) is 0 Å². The minimum Gasteiger partial charge on any atom is -0.474 e. The number of nitrogens with zero attached hydrogens (tertiary/aromatic N) is 2. The molecule has 0 radical (unpaired) electrons. The zero-order chi connectivity index (χ0) is 10.2. The van der Waals surface area contributed by atoms with E-state index in [9.17, 15) is 0 Å². The normalized spacial score (nSPS) is 9.86. The van der Waals surface area contributed by atoms with E-state index in [0.29, 0.717) is 31.5 Å². The number of rotatable bonds is 6. The van der Waals surface area contributed by atoms with Crippen molar-refractivity contribution in [1.82, 2.24) is 9.97 Å². The van der Waals surface area contributed by atoms with Gasteiger partial charge >= 0.3 is 0 Å². The zero-order valence-electron chi connectivity index (χ0n) is 8.49. The van der Waals surface area contributed by atoms with E-state index in [1.807, 2.05) is 6.92 Å². The van der Waals surface area contributed by atoms with Gasteiger partial charge in [0, 0.05) is 13.7 Å². The molecule has 0 saturated heterocycles. The van der Waals surface area contributed by atoms with Crippen LogP contribution >= 0.6 is 0 Å². The van der Waals surface area contributed by atoms with E-state index < -0.39 is 0 Å². The highest BCUT2D eigenvalue weighted by molar-refractivity contribution is 5.31. The molecule has 1 heterocycles. The molecule has 0 aromatic carbocycles. The van der Waals surface area contributed by atoms with Crippen LogP contribution < -0.4 is 10.1 Å². The average molecular weight is 197 g/mol. The van der Waals surface area contributed by atoms with Crippen molar-refractivity contribution in [2.45, 2.75) is 6.92 Å². The molecule has 1 rings (SSSR count). The van der Waals surface area contributed by atoms with Crippen molar-refractivity contribution < 1.29 is 9.47 Å². The van der Waals surface area contributed by atoms with Gasteiger partial charge in [0.1, 0.15) is 12.4 Å². The molecule has 78 valence electrons. The summed E-state index contributed by atoms with van der Waals surface area (Å²) in [5, 5.41) is 2.88. The SMILES string of the molecule is CCOCCOc1cncc(NC)n1. The minimum atomic E-state index is 0.496. The summed E-state index contributed by atoms with van der Waals surface area (Å²) >= 11 is 0. The van der Waals surface area contributed by atoms with Crippen molar-refractivity contribution in [3.05, 3.63) is 12.4 Å². The molecule has 1 aromatic heterocycles. The van der Waals surface area contributed by atoms with E-state index in [2.05, 4.69) is 15.3 Å². The lowest BCUT2D eigenvalue weighted by molar-refractivity contribution is 0.108. The number of ether oxygens (including phenoxy) is 2. The summed E-state index contributed by atoms with van der Waals surface area (Å²) in [6.07, 6.45) is 3.21. The van der Waals surface area contributed by atoms with E-state index in [4.69, 9.17) is 9.47 Å². The fraction of sp³-hybridized carbons (Fsp3) is 0.556. The van der Waals surface area contributed by atoms with Crippen LogP contribution in [0.1, 0.15) is 6.92 Å². The molecule has 5 nitrogen and oxygen atoms in total. The second-order valence-electron chi connectivity index (χ2n) is 2.54. The molecule has 0 aliphatic heterocycles. The fourth-order valence-electron chi connectivity index (χ4n) is 0.888. The number of hydrogen-bond acceptors (Lipinski definition) is 5. The first-order valence-electron chi connectivity index (χ1n) is 4.57. The summed E-state index contributed by atoms with van der Waals surface area (Å²) in [4.78, 5) is 8.10. The lowest BCUT2D eigenvalue weighted by Gasteiger charge is -2.05. The van der Waals surface area contributed by atoms with Gasteiger partial charge in [0.25, 0.3) is 0 Å². The molecule has 1 aromatic rings. The average Bonchev–Trinajstić information content (AvgIpc) is 2.25. The van der Waals surface area contributed by atoms with Gasteiger partial charge in [-0.15, -0.1) is 0 Å². The van der Waals surface area contributed by atoms with Crippen molar-refractivity contribution in [1.29, 1.82) is 0 Å². The van der Waals surface area contributed by atoms with Crippen LogP contribution in [0.15, 0.2) is 12.4 Å². The van der Waals surface area contributed by atoms with Crippen LogP contribution in [0.3, 0.4) is 0 Å². The molecule has 0 saturated carbocycles. The Kier molecular flexibility index (Phi) is 4.71. The maximum atomic E-state index is 5.31. The van der Waals surface area contributed by atoms with Crippen LogP contribution in [0.25, 0.3) is 0 Å². The molecular formula is C9H15N3O2. The summed E-state index contributed by atoms with van der Waals surface area (Å²) in [6, 6.07) is 0. The third-order valence-electron chi connectivity index (χ3n) is 1.55. The van der Waals surface area contributed by atoms with E-state index >= 15 is 0 Å². The van der Waals surface area contributed by atoms with Crippen LogP contribution in [-0.2, 0) is 4.74 Å². The Morgan fingerprint density at radius 1 is 1.36 bits per heavy atom. The number of nitrogens with one attached hydrogen (secondary N) is 1. The lowest BCUT2D eigenvalue weighted by Crippen LogP contribution is -2.07. The van der Waals surface area contributed by atoms with Crippen molar-refractivity contribution in [3.8, 4) is 5.88 Å². The standard InChI is InChI=1S/C9H15N3O2/c1-3-13-4-5-14-9-7-11-6-8(10-2)12-9/h6-7H,3-5H2,1-2H3,(H,10,12). The van der Waals surface area contributed by atoms with E-state index in [0.717, 1.165) is 0 Å². The Balaban J connectivity index is 2.34. The van der Waals surface area contributed by atoms with Gasteiger partial charge in [0.05, 0.1) is 19.0 Å². The van der Waals surface area contributed by atoms with Crippen LogP contribution in [0.2, 0.25) is 0 Å². The number of aromatic nitrogens is 2. The minimum absolute atomic E-state index is 0.496. The summed E-state index contributed by atoms with van der Waals surface area (Å²) < 4.78 is 10.4. The van der Waals surface area contributed by atoms with Crippen molar-refractivity contribution in [2.75, 3.05) is 32.2 Å². The maximum absolute atomic E-state index is 5.31. The van der Waals surface area contributed by atoms with E-state index in [1.165, 1.54) is 0 Å². The first-order valence-corrected chi connectivity index (χ1v) is 4.57. The van der Waals surface area contributed by atoms with Crippen LogP contribution in [0.4, 0.5) is 5.82 Å². The molecular weight excluding hydrogens is 182 g/mol. The Morgan fingerprint density at radius 3 is 2.93 bits per heavy atom. The second-order valence-corrected chi connectivity index (χ2v) is 2.54. The molecule has 14 heavy (non-hydrogen) atoms. The molecule has 0 amide bonds. The van der Waals surface area contributed by atoms with E-state index in [1.54, 1.807) is 19.4 Å². The highest BCUT2D eigenvalue weighted by Gasteiger charge is 1.97. The number of hydrogen-bond donors (Lipinski definition) is 1. The largest absolute Gasteiger partial charge is 0.474 e. The van der Waals surface area contributed by atoms with Gasteiger partial charge in [-0.1, -0.05) is 0 Å². The highest BCUT2D eigenvalue weighted by Crippen LogP contribution is 2.07. The van der Waals surface area contributed by atoms with Gasteiger partial charge in [-0.2, -0.15) is 4.98 Å². The lowest BCUT2D eigenvalue weighted by atomic mass is 10.6. The van der Waals surface area contributed by atoms with Gasteiger partial charge in [-0.25, -0.2) is 0 Å². The molecule has 0 atom stereocenters. The third-order valence-corrected chi connectivity index (χ3v) is 1.55. The quantitative estimate of drug-likeness (QED) is 0.688. The van der Waals surface area contributed by atoms with Crippen molar-refractivity contribution in [3.63, 3.8) is 0 Å². The Labute approximate surface area is 83.5 Å². The van der Waals surface area contributed by atoms with Gasteiger partial charge in [-0.05, 0) is 6.92 Å². The highest BCUT2D eigenvalue weighted by atomic mass is 16.5. The monoisotopic (exact) mass is 197 g/mol. The Hall–Kier alpha value is -1.36. The van der Waals surface area contributed by atoms with Crippen LogP contribution in [-0.4, -0.2) is 36.8 Å². The van der Waals surface area contributed by atoms with Crippen molar-refractivity contribution in [2.24, 2.45) is 0 Å². The summed E-state index contributed by atoms with van der Waals surface area (Å²) in [5.74, 6) is 1.20. The molecule has 5 heteroatoms. The van der Waals surface area contributed by atoms with Crippen LogP contribution in [0.5, 0.6) is 5.88 Å². The first kappa shape index (κ1) is 10.7. The zero-order valence-corrected chi connectivity index (χ0v) is 8.49. The van der Waals surface area contributed by atoms with Crippen LogP contribution in [0, 0.1) is 0 Å². The Morgan fingerprint density at radius 2 is 2.21 bits per heavy atom. The molecule has 0 aliphatic rings. The topological polar surface area (TPSA) is 56.3 Å². The molecule has 1 N–H and O–H groups in total. The second kappa shape index (κ2) is 6.15. The first-order chi connectivity index (χ1) is 6.86. The van der Waals surface area contributed by atoms with Crippen molar-refractivity contribution >= 4 is 5.82 Å². The Bertz CT molecular complexity index is 268.